The maximum absolute atomic E-state index is 9.62. The first-order valence-corrected chi connectivity index (χ1v) is 17.3. The van der Waals surface area contributed by atoms with Gasteiger partial charge in [-0.05, 0) is 109 Å². The maximum atomic E-state index is 9.62. The Balaban J connectivity index is 0.000000192. The van der Waals surface area contributed by atoms with Gasteiger partial charge in [0.1, 0.15) is 0 Å². The van der Waals surface area contributed by atoms with Gasteiger partial charge in [0.25, 0.3) is 0 Å². The molecule has 2 aliphatic rings. The number of β-amino-alcohol motifs (C(OH)–C–C–N with tert-alkyl or cyclic N) is 2. The van der Waals surface area contributed by atoms with Crippen LogP contribution in [0.2, 0.25) is 0 Å². The fraction of sp³-hybridized carbons (Fsp3) is 0.529. The number of aliphatic hydroxyl groups excluding tert-OH is 2. The lowest BCUT2D eigenvalue weighted by atomic mass is 10.1. The van der Waals surface area contributed by atoms with Crippen molar-refractivity contribution in [1.82, 2.24) is 9.80 Å². The number of likely N-dealkylation sites (tertiary alicyclic amines) is 2. The summed E-state index contributed by atoms with van der Waals surface area (Å²) >= 11 is 3.57. The number of nitrogens with zero attached hydrogens (tertiary/aromatic N) is 2. The molecule has 0 bridgehead atoms. The van der Waals surface area contributed by atoms with Crippen molar-refractivity contribution in [3.05, 3.63) is 70.4 Å². The molecule has 43 heavy (non-hydrogen) atoms. The molecule has 4 aromatic rings. The van der Waals surface area contributed by atoms with Crippen molar-refractivity contribution in [2.45, 2.75) is 50.7 Å². The highest BCUT2D eigenvalue weighted by molar-refractivity contribution is 7.17. The number of hydrogen-bond acceptors (Lipinski definition) is 8. The van der Waals surface area contributed by atoms with Gasteiger partial charge in [-0.2, -0.15) is 0 Å². The van der Waals surface area contributed by atoms with Crippen LogP contribution in [0, 0.1) is 0 Å². The summed E-state index contributed by atoms with van der Waals surface area (Å²) in [6.07, 6.45) is 5.74. The van der Waals surface area contributed by atoms with Gasteiger partial charge < -0.3 is 19.7 Å². The van der Waals surface area contributed by atoms with Crippen molar-refractivity contribution in [3.63, 3.8) is 0 Å². The van der Waals surface area contributed by atoms with E-state index < -0.39 is 0 Å². The molecule has 2 unspecified atom stereocenters. The number of aliphatic hydroxyl groups is 2. The molecule has 2 aromatic carbocycles. The molecule has 0 spiro atoms. The minimum absolute atomic E-state index is 0. The Morgan fingerprint density at radius 2 is 1.12 bits per heavy atom. The number of fused-ring (bicyclic) bond motifs is 2. The van der Waals surface area contributed by atoms with Crippen LogP contribution in [0.25, 0.3) is 20.2 Å². The number of benzene rings is 2. The molecule has 0 amide bonds. The van der Waals surface area contributed by atoms with E-state index >= 15 is 0 Å². The van der Waals surface area contributed by atoms with Crippen LogP contribution in [0.1, 0.15) is 36.8 Å². The summed E-state index contributed by atoms with van der Waals surface area (Å²) < 4.78 is 14.2. The first kappa shape index (κ1) is 34.3. The van der Waals surface area contributed by atoms with E-state index in [1.165, 1.54) is 31.3 Å². The van der Waals surface area contributed by atoms with Gasteiger partial charge in [-0.3, -0.25) is 9.80 Å². The van der Waals surface area contributed by atoms with E-state index in [0.717, 1.165) is 104 Å². The molecule has 236 valence electrons. The number of ether oxygens (including phenoxy) is 2. The third-order valence-electron chi connectivity index (χ3n) is 8.17. The zero-order valence-corrected chi connectivity index (χ0v) is 27.5. The number of piperidine rings is 2. The maximum Gasteiger partial charge on any atom is 0.0667 e. The van der Waals surface area contributed by atoms with Crippen LogP contribution in [0.5, 0.6) is 0 Å². The van der Waals surface area contributed by atoms with Crippen molar-refractivity contribution in [3.8, 4) is 0 Å². The van der Waals surface area contributed by atoms with Gasteiger partial charge in [0.2, 0.25) is 0 Å². The first-order chi connectivity index (χ1) is 20.6. The highest BCUT2D eigenvalue weighted by Gasteiger charge is 2.17. The SMILES string of the molecule is Cl.OC1CCCN(CCOCCc2ccc3sccc3c2)C1.OC1CCCN(CCOCCc2ccc3sccc3c2)C1. The molecule has 2 saturated heterocycles. The molecule has 0 aliphatic carbocycles. The van der Waals surface area contributed by atoms with E-state index in [-0.39, 0.29) is 24.6 Å². The molecule has 2 N–H and O–H groups in total. The monoisotopic (exact) mass is 646 g/mol. The van der Waals surface area contributed by atoms with E-state index in [4.69, 9.17) is 9.47 Å². The summed E-state index contributed by atoms with van der Waals surface area (Å²) in [4.78, 5) is 4.59. The molecule has 0 radical (unpaired) electrons. The second kappa shape index (κ2) is 18.4. The molecule has 2 atom stereocenters. The highest BCUT2D eigenvalue weighted by atomic mass is 35.5. The van der Waals surface area contributed by atoms with E-state index in [0.29, 0.717) is 0 Å². The summed E-state index contributed by atoms with van der Waals surface area (Å²) in [7, 11) is 0. The highest BCUT2D eigenvalue weighted by Crippen LogP contribution is 2.23. The van der Waals surface area contributed by atoms with E-state index in [9.17, 15) is 10.2 Å². The van der Waals surface area contributed by atoms with E-state index in [1.807, 2.05) is 0 Å². The second-order valence-corrected chi connectivity index (χ2v) is 13.4. The Morgan fingerprint density at radius 1 is 0.651 bits per heavy atom. The summed E-state index contributed by atoms with van der Waals surface area (Å²) in [6.45, 7) is 8.71. The lowest BCUT2D eigenvalue weighted by molar-refractivity contribution is 0.0454. The lowest BCUT2D eigenvalue weighted by Crippen LogP contribution is -2.40. The van der Waals surface area contributed by atoms with Crippen molar-refractivity contribution >= 4 is 55.3 Å². The Hall–Kier alpha value is -1.59. The normalized spacial score (nSPS) is 19.7. The Kier molecular flexibility index (Phi) is 14.7. The van der Waals surface area contributed by atoms with Gasteiger partial charge in [0.15, 0.2) is 0 Å². The van der Waals surface area contributed by atoms with Crippen LogP contribution < -0.4 is 0 Å². The second-order valence-electron chi connectivity index (χ2n) is 11.5. The summed E-state index contributed by atoms with van der Waals surface area (Å²) in [5, 5.41) is 26.2. The Morgan fingerprint density at radius 3 is 1.56 bits per heavy atom. The molecule has 9 heteroatoms. The first-order valence-electron chi connectivity index (χ1n) is 15.5. The van der Waals surface area contributed by atoms with Gasteiger partial charge >= 0.3 is 0 Å². The third kappa shape index (κ3) is 11.4. The molecule has 6 rings (SSSR count). The molecule has 2 fully saturated rings. The van der Waals surface area contributed by atoms with Crippen molar-refractivity contribution in [2.75, 3.05) is 65.7 Å². The van der Waals surface area contributed by atoms with E-state index in [2.05, 4.69) is 69.1 Å². The smallest absolute Gasteiger partial charge is 0.0667 e. The zero-order chi connectivity index (χ0) is 29.0. The van der Waals surface area contributed by atoms with E-state index in [1.54, 1.807) is 22.7 Å². The van der Waals surface area contributed by atoms with Gasteiger partial charge in [0, 0.05) is 35.6 Å². The minimum atomic E-state index is -0.143. The fourth-order valence-corrected chi connectivity index (χ4v) is 7.33. The standard InChI is InChI=1S/2C17H23NO2S.ClH/c2*19-16-2-1-7-18(13-16)8-10-20-9-5-14-3-4-17-15(12-14)6-11-21-17;/h2*3-4,6,11-12,16,19H,1-2,5,7-10,13H2;1H. The lowest BCUT2D eigenvalue weighted by Gasteiger charge is -2.29. The van der Waals surface area contributed by atoms with Gasteiger partial charge in [-0.1, -0.05) is 24.3 Å². The number of hydrogen-bond donors (Lipinski definition) is 2. The minimum Gasteiger partial charge on any atom is -0.392 e. The van der Waals surface area contributed by atoms with Gasteiger partial charge in [-0.25, -0.2) is 0 Å². The molecular formula is C34H47ClN2O4S2. The molecule has 4 heterocycles. The molecule has 6 nitrogen and oxygen atoms in total. The predicted molar refractivity (Wildman–Crippen MR) is 183 cm³/mol. The summed E-state index contributed by atoms with van der Waals surface area (Å²) in [5.74, 6) is 0. The largest absolute Gasteiger partial charge is 0.392 e. The predicted octanol–water partition coefficient (Wildman–Crippen LogP) is 6.26. The Bertz CT molecular complexity index is 1250. The van der Waals surface area contributed by atoms with Crippen LogP contribution in [-0.2, 0) is 22.3 Å². The third-order valence-corrected chi connectivity index (χ3v) is 9.96. The molecule has 2 aliphatic heterocycles. The van der Waals surface area contributed by atoms with Crippen molar-refractivity contribution < 1.29 is 19.7 Å². The van der Waals surface area contributed by atoms with Crippen LogP contribution in [0.15, 0.2) is 59.3 Å². The fourth-order valence-electron chi connectivity index (χ4n) is 5.78. The number of halogens is 1. The Labute approximate surface area is 270 Å². The average molecular weight is 647 g/mol. The van der Waals surface area contributed by atoms with Crippen LogP contribution >= 0.6 is 35.1 Å². The summed E-state index contributed by atoms with van der Waals surface area (Å²) in [5.41, 5.74) is 2.68. The summed E-state index contributed by atoms with van der Waals surface area (Å²) in [6, 6.07) is 17.7. The zero-order valence-electron chi connectivity index (χ0n) is 25.1. The van der Waals surface area contributed by atoms with Gasteiger partial charge in [0.05, 0.1) is 38.6 Å². The van der Waals surface area contributed by atoms with Crippen LogP contribution in [-0.4, -0.2) is 97.9 Å². The van der Waals surface area contributed by atoms with Crippen LogP contribution in [0.4, 0.5) is 0 Å². The van der Waals surface area contributed by atoms with Crippen molar-refractivity contribution in [1.29, 1.82) is 0 Å². The van der Waals surface area contributed by atoms with Crippen LogP contribution in [0.3, 0.4) is 0 Å². The average Bonchev–Trinajstić information content (AvgIpc) is 3.66. The quantitative estimate of drug-likeness (QED) is 0.177. The van der Waals surface area contributed by atoms with Gasteiger partial charge in [-0.15, -0.1) is 35.1 Å². The molecule has 2 aromatic heterocycles. The van der Waals surface area contributed by atoms with Crippen molar-refractivity contribution in [2.24, 2.45) is 0 Å². The topological polar surface area (TPSA) is 65.4 Å². The number of rotatable bonds is 12. The molecule has 0 saturated carbocycles. The number of thiophene rings is 2. The molecular weight excluding hydrogens is 600 g/mol.